The molecule has 0 bridgehead atoms. The molecule has 32 heavy (non-hydrogen) atoms. The van der Waals surface area contributed by atoms with Gasteiger partial charge in [-0.25, -0.2) is 19.3 Å². The van der Waals surface area contributed by atoms with Crippen molar-refractivity contribution in [2.45, 2.75) is 46.2 Å². The molecule has 10 heteroatoms. The van der Waals surface area contributed by atoms with Crippen molar-refractivity contribution < 1.29 is 4.39 Å². The smallest absolute Gasteiger partial charge is 0.174 e. The number of rotatable bonds is 4. The van der Waals surface area contributed by atoms with E-state index in [1.807, 2.05) is 11.5 Å². The second-order valence-electron chi connectivity index (χ2n) is 7.94. The van der Waals surface area contributed by atoms with Crippen LogP contribution in [0.5, 0.6) is 0 Å². The molecule has 1 aliphatic heterocycles. The zero-order valence-corrected chi connectivity index (χ0v) is 20.4. The molecule has 1 aliphatic rings. The highest BCUT2D eigenvalue weighted by Crippen LogP contribution is 2.43. The molecular weight excluding hydrogens is 493 g/mol. The Morgan fingerprint density at radius 1 is 1.16 bits per heavy atom. The standard InChI is InChI=1S/C22H21BrFN7S/c1-5-15-20-29-25-10-30(20)17-12(4)26-19(28-21(17)31(15)11(2)3)18-16(27-22(23)32-18)13-6-8-14(24)9-7-13/h6-11,15H,5H2,1-4H3/t15-/m1/s1. The predicted octanol–water partition coefficient (Wildman–Crippen LogP) is 5.74. The summed E-state index contributed by atoms with van der Waals surface area (Å²) < 4.78 is 16.2. The normalized spacial score (nSPS) is 15.2. The van der Waals surface area contributed by atoms with Crippen molar-refractivity contribution in [2.75, 3.05) is 4.90 Å². The van der Waals surface area contributed by atoms with Gasteiger partial charge in [-0.1, -0.05) is 6.92 Å². The first-order valence-corrected chi connectivity index (χ1v) is 12.0. The van der Waals surface area contributed by atoms with Crippen LogP contribution in [-0.4, -0.2) is 35.8 Å². The van der Waals surface area contributed by atoms with E-state index in [0.717, 1.165) is 49.5 Å². The zero-order valence-electron chi connectivity index (χ0n) is 18.0. The Labute approximate surface area is 197 Å². The van der Waals surface area contributed by atoms with Crippen LogP contribution >= 0.6 is 27.3 Å². The van der Waals surface area contributed by atoms with Crippen LogP contribution in [0.25, 0.3) is 27.6 Å². The van der Waals surface area contributed by atoms with Crippen LogP contribution in [0.1, 0.15) is 44.8 Å². The molecule has 5 rings (SSSR count). The number of thiazole rings is 1. The Bertz CT molecular complexity index is 1300. The van der Waals surface area contributed by atoms with Crippen LogP contribution in [0.2, 0.25) is 0 Å². The molecule has 0 fully saturated rings. The number of aromatic nitrogens is 6. The van der Waals surface area contributed by atoms with Crippen molar-refractivity contribution in [1.82, 2.24) is 29.7 Å². The molecule has 0 spiro atoms. The van der Waals surface area contributed by atoms with Crippen LogP contribution in [0.15, 0.2) is 34.5 Å². The maximum atomic E-state index is 13.5. The van der Waals surface area contributed by atoms with Crippen molar-refractivity contribution in [3.63, 3.8) is 0 Å². The Morgan fingerprint density at radius 2 is 1.91 bits per heavy atom. The molecule has 0 saturated heterocycles. The molecule has 1 aromatic carbocycles. The minimum absolute atomic E-state index is 0.0666. The number of hydrogen-bond donors (Lipinski definition) is 0. The van der Waals surface area contributed by atoms with E-state index in [4.69, 9.17) is 9.97 Å². The van der Waals surface area contributed by atoms with Gasteiger partial charge in [0.05, 0.1) is 17.4 Å². The molecule has 0 saturated carbocycles. The number of aryl methyl sites for hydroxylation is 1. The van der Waals surface area contributed by atoms with Crippen molar-refractivity contribution >= 4 is 33.1 Å². The third-order valence-electron chi connectivity index (χ3n) is 5.60. The number of fused-ring (bicyclic) bond motifs is 3. The van der Waals surface area contributed by atoms with Gasteiger partial charge in [-0.15, -0.1) is 21.5 Å². The molecule has 4 aromatic rings. The number of benzene rings is 1. The lowest BCUT2D eigenvalue weighted by atomic mass is 10.1. The van der Waals surface area contributed by atoms with E-state index in [1.54, 1.807) is 18.5 Å². The summed E-state index contributed by atoms with van der Waals surface area (Å²) in [5.74, 6) is 2.08. The van der Waals surface area contributed by atoms with Gasteiger partial charge in [-0.2, -0.15) is 0 Å². The van der Waals surface area contributed by atoms with Gasteiger partial charge in [0.1, 0.15) is 22.7 Å². The first-order chi connectivity index (χ1) is 15.4. The number of anilines is 1. The molecule has 3 aromatic heterocycles. The topological polar surface area (TPSA) is 72.6 Å². The lowest BCUT2D eigenvalue weighted by Crippen LogP contribution is -2.40. The molecule has 164 valence electrons. The highest BCUT2D eigenvalue weighted by molar-refractivity contribution is 9.11. The second kappa shape index (κ2) is 8.00. The molecular formula is C22H21BrFN7S. The SMILES string of the molecule is CC[C@@H]1c2nncn2-c2c(C)nc(-c3sc(Br)nc3-c3ccc(F)cc3)nc2N1C(C)C. The summed E-state index contributed by atoms with van der Waals surface area (Å²) in [6.45, 7) is 8.43. The van der Waals surface area contributed by atoms with Crippen LogP contribution in [0.3, 0.4) is 0 Å². The first kappa shape index (κ1) is 21.1. The molecule has 1 atom stereocenters. The van der Waals surface area contributed by atoms with Crippen LogP contribution < -0.4 is 4.90 Å². The Kier molecular flexibility index (Phi) is 5.29. The summed E-state index contributed by atoms with van der Waals surface area (Å²) in [5.41, 5.74) is 3.28. The maximum Gasteiger partial charge on any atom is 0.174 e. The minimum Gasteiger partial charge on any atom is -0.342 e. The van der Waals surface area contributed by atoms with E-state index < -0.39 is 0 Å². The fourth-order valence-corrected chi connectivity index (χ4v) is 5.67. The highest BCUT2D eigenvalue weighted by Gasteiger charge is 2.36. The van der Waals surface area contributed by atoms with E-state index >= 15 is 0 Å². The van der Waals surface area contributed by atoms with E-state index in [-0.39, 0.29) is 17.9 Å². The maximum absolute atomic E-state index is 13.5. The van der Waals surface area contributed by atoms with E-state index in [1.165, 1.54) is 23.5 Å². The van der Waals surface area contributed by atoms with E-state index in [0.29, 0.717) is 5.82 Å². The summed E-state index contributed by atoms with van der Waals surface area (Å²) in [6.07, 6.45) is 2.61. The van der Waals surface area contributed by atoms with Gasteiger partial charge in [-0.3, -0.25) is 4.57 Å². The molecule has 7 nitrogen and oxygen atoms in total. The summed E-state index contributed by atoms with van der Waals surface area (Å²) in [4.78, 5) is 17.7. The fourth-order valence-electron chi connectivity index (χ4n) is 4.26. The Balaban J connectivity index is 1.73. The quantitative estimate of drug-likeness (QED) is 0.346. The van der Waals surface area contributed by atoms with Crippen molar-refractivity contribution in [3.05, 3.63) is 51.8 Å². The Hall–Kier alpha value is -2.72. The summed E-state index contributed by atoms with van der Waals surface area (Å²) in [7, 11) is 0. The van der Waals surface area contributed by atoms with Gasteiger partial charge in [0.25, 0.3) is 0 Å². The average Bonchev–Trinajstić information content (AvgIpc) is 3.39. The predicted molar refractivity (Wildman–Crippen MR) is 127 cm³/mol. The van der Waals surface area contributed by atoms with E-state index in [9.17, 15) is 4.39 Å². The van der Waals surface area contributed by atoms with Gasteiger partial charge < -0.3 is 4.90 Å². The summed E-state index contributed by atoms with van der Waals surface area (Å²) in [5, 5.41) is 8.56. The molecule has 0 unspecified atom stereocenters. The number of nitrogens with zero attached hydrogens (tertiary/aromatic N) is 7. The molecule has 4 heterocycles. The number of halogens is 2. The Morgan fingerprint density at radius 3 is 2.59 bits per heavy atom. The fraction of sp³-hybridized carbons (Fsp3) is 0.318. The monoisotopic (exact) mass is 513 g/mol. The third kappa shape index (κ3) is 3.32. The third-order valence-corrected chi connectivity index (χ3v) is 7.10. The minimum atomic E-state index is -0.284. The van der Waals surface area contributed by atoms with Crippen molar-refractivity contribution in [2.24, 2.45) is 0 Å². The molecule has 0 amide bonds. The van der Waals surface area contributed by atoms with Crippen molar-refractivity contribution in [3.8, 4) is 27.6 Å². The second-order valence-corrected chi connectivity index (χ2v) is 10.2. The summed E-state index contributed by atoms with van der Waals surface area (Å²) in [6, 6.07) is 6.59. The lowest BCUT2D eigenvalue weighted by molar-refractivity contribution is 0.497. The molecule has 0 aliphatic carbocycles. The van der Waals surface area contributed by atoms with Crippen LogP contribution in [-0.2, 0) is 0 Å². The van der Waals surface area contributed by atoms with Gasteiger partial charge in [0.2, 0.25) is 0 Å². The zero-order chi connectivity index (χ0) is 22.6. The average molecular weight is 514 g/mol. The highest BCUT2D eigenvalue weighted by atomic mass is 79.9. The largest absolute Gasteiger partial charge is 0.342 e. The molecule has 0 radical (unpaired) electrons. The van der Waals surface area contributed by atoms with Gasteiger partial charge in [-0.05, 0) is 67.4 Å². The van der Waals surface area contributed by atoms with Gasteiger partial charge in [0, 0.05) is 11.6 Å². The van der Waals surface area contributed by atoms with Crippen LogP contribution in [0.4, 0.5) is 10.2 Å². The van der Waals surface area contributed by atoms with Crippen molar-refractivity contribution in [1.29, 1.82) is 0 Å². The van der Waals surface area contributed by atoms with E-state index in [2.05, 4.69) is 56.8 Å². The van der Waals surface area contributed by atoms with Gasteiger partial charge in [0.15, 0.2) is 21.4 Å². The van der Waals surface area contributed by atoms with Gasteiger partial charge >= 0.3 is 0 Å². The number of hydrogen-bond acceptors (Lipinski definition) is 7. The summed E-state index contributed by atoms with van der Waals surface area (Å²) >= 11 is 4.97. The van der Waals surface area contributed by atoms with Crippen LogP contribution in [0, 0.1) is 12.7 Å². The first-order valence-electron chi connectivity index (χ1n) is 10.4. The molecule has 0 N–H and O–H groups in total. The lowest BCUT2D eigenvalue weighted by Gasteiger charge is -2.40.